The van der Waals surface area contributed by atoms with Crippen molar-refractivity contribution in [3.63, 3.8) is 0 Å². The molecule has 0 spiro atoms. The van der Waals surface area contributed by atoms with E-state index < -0.39 is 0 Å². The largest absolute Gasteiger partial charge is 0.453 e. The van der Waals surface area contributed by atoms with Crippen LogP contribution in [0.2, 0.25) is 0 Å². The fourth-order valence-corrected chi connectivity index (χ4v) is 2.32. The summed E-state index contributed by atoms with van der Waals surface area (Å²) in [5, 5.41) is 0. The molecule has 13 heavy (non-hydrogen) atoms. The van der Waals surface area contributed by atoms with E-state index in [1.54, 1.807) is 11.9 Å². The first-order valence-electron chi connectivity index (χ1n) is 4.36. The summed E-state index contributed by atoms with van der Waals surface area (Å²) in [4.78, 5) is 12.7. The van der Waals surface area contributed by atoms with Crippen LogP contribution in [0, 0.1) is 0 Å². The van der Waals surface area contributed by atoms with E-state index in [4.69, 9.17) is 0 Å². The van der Waals surface area contributed by atoms with Crippen LogP contribution in [-0.4, -0.2) is 47.4 Å². The van der Waals surface area contributed by atoms with Gasteiger partial charge in [0.1, 0.15) is 0 Å². The Balaban J connectivity index is 2.34. The van der Waals surface area contributed by atoms with Crippen molar-refractivity contribution in [2.75, 3.05) is 27.2 Å². The van der Waals surface area contributed by atoms with Crippen molar-refractivity contribution in [2.45, 2.75) is 18.9 Å². The smallest absolute Gasteiger partial charge is 0.409 e. The summed E-state index contributed by atoms with van der Waals surface area (Å²) in [7, 11) is 3.18. The van der Waals surface area contributed by atoms with Gasteiger partial charge in [-0.25, -0.2) is 7.91 Å². The Morgan fingerprint density at radius 3 is 2.92 bits per heavy atom. The van der Waals surface area contributed by atoms with Crippen molar-refractivity contribution in [3.05, 3.63) is 0 Å². The fraction of sp³-hybridized carbons (Fsp3) is 0.875. The Bertz CT molecular complexity index is 189. The fourth-order valence-electron chi connectivity index (χ4n) is 1.53. The number of carbonyl (C=O) groups excluding carboxylic acids is 1. The van der Waals surface area contributed by atoms with Crippen molar-refractivity contribution >= 4 is 29.0 Å². The average molecular weight is 298 g/mol. The Morgan fingerprint density at radius 1 is 1.77 bits per heavy atom. The van der Waals surface area contributed by atoms with Crippen LogP contribution in [0.25, 0.3) is 0 Å². The number of likely N-dealkylation sites (N-methyl/N-ethyl adjacent to an activating group) is 1. The third-order valence-electron chi connectivity index (χ3n) is 2.28. The maximum absolute atomic E-state index is 11.1. The lowest BCUT2D eigenvalue weighted by Gasteiger charge is -2.23. The number of amides is 1. The molecule has 0 aliphatic carbocycles. The number of nitrogens with zero attached hydrogens (tertiary/aromatic N) is 2. The Morgan fingerprint density at radius 2 is 2.46 bits per heavy atom. The summed E-state index contributed by atoms with van der Waals surface area (Å²) in [6.07, 6.45) is 2.14. The van der Waals surface area contributed by atoms with Crippen LogP contribution < -0.4 is 0 Å². The van der Waals surface area contributed by atoms with Gasteiger partial charge < -0.3 is 9.64 Å². The third-order valence-corrected chi connectivity index (χ3v) is 3.55. The molecule has 1 amide bonds. The van der Waals surface area contributed by atoms with E-state index in [9.17, 15) is 4.79 Å². The highest BCUT2D eigenvalue weighted by Crippen LogP contribution is 2.21. The molecule has 4 nitrogen and oxygen atoms in total. The van der Waals surface area contributed by atoms with Gasteiger partial charge in [0.05, 0.1) is 7.11 Å². The van der Waals surface area contributed by atoms with Crippen LogP contribution in [0.15, 0.2) is 0 Å². The first kappa shape index (κ1) is 11.0. The molecule has 0 N–H and O–H groups in total. The number of ether oxygens (including phenoxy) is 1. The maximum Gasteiger partial charge on any atom is 0.409 e. The first-order chi connectivity index (χ1) is 6.15. The van der Waals surface area contributed by atoms with Crippen molar-refractivity contribution in [2.24, 2.45) is 0 Å². The normalized spacial score (nSPS) is 23.2. The van der Waals surface area contributed by atoms with E-state index in [0.29, 0.717) is 6.04 Å². The van der Waals surface area contributed by atoms with Gasteiger partial charge in [-0.2, -0.15) is 0 Å². The molecule has 0 aromatic rings. The average Bonchev–Trinajstić information content (AvgIpc) is 2.50. The number of hydrogen-bond acceptors (Lipinski definition) is 3. The van der Waals surface area contributed by atoms with E-state index in [-0.39, 0.29) is 6.09 Å². The SMILES string of the molecule is COC(=O)N(C)CC1CCCN1I. The summed E-state index contributed by atoms with van der Waals surface area (Å²) < 4.78 is 6.88. The minimum absolute atomic E-state index is 0.253. The molecule has 0 radical (unpaired) electrons. The van der Waals surface area contributed by atoms with Crippen LogP contribution in [0.1, 0.15) is 12.8 Å². The molecule has 76 valence electrons. The Kier molecular flexibility index (Phi) is 4.24. The second kappa shape index (κ2) is 4.99. The van der Waals surface area contributed by atoms with Crippen LogP contribution in [0.5, 0.6) is 0 Å². The van der Waals surface area contributed by atoms with Gasteiger partial charge in [-0.3, -0.25) is 0 Å². The second-order valence-corrected chi connectivity index (χ2v) is 4.51. The van der Waals surface area contributed by atoms with Gasteiger partial charge in [-0.15, -0.1) is 0 Å². The Hall–Kier alpha value is -0.0400. The van der Waals surface area contributed by atoms with Gasteiger partial charge in [0.25, 0.3) is 0 Å². The van der Waals surface area contributed by atoms with E-state index in [1.165, 1.54) is 20.0 Å². The molecule has 1 saturated heterocycles. The topological polar surface area (TPSA) is 32.8 Å². The Labute approximate surface area is 92.7 Å². The molecule has 0 bridgehead atoms. The molecule has 0 aromatic carbocycles. The van der Waals surface area contributed by atoms with E-state index in [1.807, 2.05) is 0 Å². The second-order valence-electron chi connectivity index (χ2n) is 3.27. The highest BCUT2D eigenvalue weighted by atomic mass is 127. The summed E-state index contributed by atoms with van der Waals surface area (Å²) in [5.41, 5.74) is 0. The number of halogens is 1. The zero-order valence-electron chi connectivity index (χ0n) is 7.99. The molecule has 1 unspecified atom stereocenters. The summed E-state index contributed by atoms with van der Waals surface area (Å²) >= 11 is 2.32. The molecular formula is C8H15IN2O2. The van der Waals surface area contributed by atoms with E-state index in [2.05, 4.69) is 30.7 Å². The van der Waals surface area contributed by atoms with E-state index >= 15 is 0 Å². The number of carbonyl (C=O) groups is 1. The third kappa shape index (κ3) is 2.98. The van der Waals surface area contributed by atoms with Crippen LogP contribution in [0.3, 0.4) is 0 Å². The van der Waals surface area contributed by atoms with Crippen LogP contribution >= 0.6 is 22.9 Å². The van der Waals surface area contributed by atoms with Gasteiger partial charge in [-0.1, -0.05) is 0 Å². The van der Waals surface area contributed by atoms with Crippen molar-refractivity contribution in [1.82, 2.24) is 8.01 Å². The lowest BCUT2D eigenvalue weighted by atomic mass is 10.2. The zero-order chi connectivity index (χ0) is 9.84. The molecule has 1 heterocycles. The molecule has 5 heteroatoms. The monoisotopic (exact) mass is 298 g/mol. The minimum atomic E-state index is -0.253. The van der Waals surface area contributed by atoms with Crippen LogP contribution in [-0.2, 0) is 4.74 Å². The van der Waals surface area contributed by atoms with Crippen molar-refractivity contribution < 1.29 is 9.53 Å². The number of hydrogen-bond donors (Lipinski definition) is 0. The molecule has 1 aliphatic rings. The standard InChI is InChI=1S/C8H15IN2O2/c1-10(8(12)13-2)6-7-4-3-5-11(7)9/h7H,3-6H2,1-2H3. The van der Waals surface area contributed by atoms with Gasteiger partial charge in [0.2, 0.25) is 0 Å². The summed E-state index contributed by atoms with van der Waals surface area (Å²) in [5.74, 6) is 0. The molecule has 1 atom stereocenters. The minimum Gasteiger partial charge on any atom is -0.453 e. The van der Waals surface area contributed by atoms with Crippen molar-refractivity contribution in [3.8, 4) is 0 Å². The molecule has 0 aromatic heterocycles. The molecule has 0 saturated carbocycles. The lowest BCUT2D eigenvalue weighted by Crippen LogP contribution is -2.37. The molecule has 1 aliphatic heterocycles. The first-order valence-corrected chi connectivity index (χ1v) is 5.33. The van der Waals surface area contributed by atoms with Crippen LogP contribution in [0.4, 0.5) is 4.79 Å². The molecule has 1 fully saturated rings. The van der Waals surface area contributed by atoms with Gasteiger partial charge in [0, 0.05) is 49.0 Å². The summed E-state index contributed by atoms with van der Waals surface area (Å²) in [6, 6.07) is 0.490. The predicted molar refractivity (Wildman–Crippen MR) is 58.8 cm³/mol. The van der Waals surface area contributed by atoms with Crippen molar-refractivity contribution in [1.29, 1.82) is 0 Å². The van der Waals surface area contributed by atoms with Gasteiger partial charge in [-0.05, 0) is 12.8 Å². The molecular weight excluding hydrogens is 283 g/mol. The van der Waals surface area contributed by atoms with E-state index in [0.717, 1.165) is 13.1 Å². The van der Waals surface area contributed by atoms with Gasteiger partial charge >= 0.3 is 6.09 Å². The quantitative estimate of drug-likeness (QED) is 0.572. The lowest BCUT2D eigenvalue weighted by molar-refractivity contribution is 0.128. The van der Waals surface area contributed by atoms with Gasteiger partial charge in [0.15, 0.2) is 0 Å². The summed E-state index contributed by atoms with van der Waals surface area (Å²) in [6.45, 7) is 1.88. The number of methoxy groups -OCH3 is 1. The highest BCUT2D eigenvalue weighted by Gasteiger charge is 2.25. The highest BCUT2D eigenvalue weighted by molar-refractivity contribution is 14.1. The zero-order valence-corrected chi connectivity index (χ0v) is 10.2. The molecule has 1 rings (SSSR count). The number of rotatable bonds is 2. The predicted octanol–water partition coefficient (Wildman–Crippen LogP) is 1.50. The maximum atomic E-state index is 11.1.